The minimum absolute atomic E-state index is 0.00841. The highest BCUT2D eigenvalue weighted by molar-refractivity contribution is 7.80. The van der Waals surface area contributed by atoms with E-state index in [0.717, 1.165) is 0 Å². The maximum absolute atomic E-state index is 13.1. The zero-order chi connectivity index (χ0) is 17.8. The SMILES string of the molecule is Fc1ccc(NC(=S)NCc2nc(-c3ccccc3Cl)no2)cc1Cl. The molecule has 2 N–H and O–H groups in total. The van der Waals surface area contributed by atoms with Crippen LogP contribution in [0.3, 0.4) is 0 Å². The number of nitrogens with zero attached hydrogens (tertiary/aromatic N) is 2. The van der Waals surface area contributed by atoms with Crippen LogP contribution >= 0.6 is 35.4 Å². The molecule has 0 aliphatic carbocycles. The largest absolute Gasteiger partial charge is 0.353 e. The van der Waals surface area contributed by atoms with Gasteiger partial charge in [-0.3, -0.25) is 0 Å². The average molecular weight is 397 g/mol. The summed E-state index contributed by atoms with van der Waals surface area (Å²) in [6.45, 7) is 0.220. The van der Waals surface area contributed by atoms with Gasteiger partial charge in [0, 0.05) is 11.3 Å². The first-order chi connectivity index (χ1) is 12.0. The maximum atomic E-state index is 13.1. The Morgan fingerprint density at radius 3 is 2.72 bits per heavy atom. The second kappa shape index (κ2) is 7.77. The van der Waals surface area contributed by atoms with Crippen molar-refractivity contribution in [3.05, 3.63) is 64.2 Å². The predicted octanol–water partition coefficient (Wildman–Crippen LogP) is 4.67. The van der Waals surface area contributed by atoms with Gasteiger partial charge >= 0.3 is 0 Å². The Balaban J connectivity index is 1.59. The zero-order valence-electron chi connectivity index (χ0n) is 12.6. The molecule has 0 aliphatic rings. The van der Waals surface area contributed by atoms with E-state index in [1.54, 1.807) is 12.1 Å². The van der Waals surface area contributed by atoms with Crippen molar-refractivity contribution in [3.8, 4) is 11.4 Å². The van der Waals surface area contributed by atoms with E-state index in [1.807, 2.05) is 12.1 Å². The van der Waals surface area contributed by atoms with Crippen LogP contribution in [0.4, 0.5) is 10.1 Å². The van der Waals surface area contributed by atoms with Crippen LogP contribution in [0.5, 0.6) is 0 Å². The molecule has 1 heterocycles. The van der Waals surface area contributed by atoms with Gasteiger partial charge in [-0.25, -0.2) is 4.39 Å². The molecule has 2 aromatic carbocycles. The van der Waals surface area contributed by atoms with E-state index >= 15 is 0 Å². The van der Waals surface area contributed by atoms with E-state index in [2.05, 4.69) is 20.8 Å². The van der Waals surface area contributed by atoms with Gasteiger partial charge < -0.3 is 15.2 Å². The van der Waals surface area contributed by atoms with Crippen molar-refractivity contribution in [1.29, 1.82) is 0 Å². The van der Waals surface area contributed by atoms with Gasteiger partial charge in [-0.15, -0.1) is 0 Å². The van der Waals surface area contributed by atoms with Crippen molar-refractivity contribution in [3.63, 3.8) is 0 Å². The van der Waals surface area contributed by atoms with Crippen LogP contribution in [-0.4, -0.2) is 15.3 Å². The first kappa shape index (κ1) is 17.6. The summed E-state index contributed by atoms with van der Waals surface area (Å²) in [4.78, 5) is 4.26. The molecule has 0 unspecified atom stereocenters. The Morgan fingerprint density at radius 1 is 1.16 bits per heavy atom. The van der Waals surface area contributed by atoms with Crippen LogP contribution in [0.2, 0.25) is 10.0 Å². The fraction of sp³-hybridized carbons (Fsp3) is 0.0625. The van der Waals surface area contributed by atoms with Crippen molar-refractivity contribution in [2.45, 2.75) is 6.54 Å². The molecule has 1 aromatic heterocycles. The van der Waals surface area contributed by atoms with Gasteiger partial charge in [-0.2, -0.15) is 4.98 Å². The third kappa shape index (κ3) is 4.45. The van der Waals surface area contributed by atoms with Crippen molar-refractivity contribution in [2.75, 3.05) is 5.32 Å². The Kier molecular flexibility index (Phi) is 5.47. The van der Waals surface area contributed by atoms with E-state index in [4.69, 9.17) is 39.9 Å². The number of rotatable bonds is 4. The monoisotopic (exact) mass is 396 g/mol. The Labute approximate surface area is 158 Å². The van der Waals surface area contributed by atoms with E-state index in [-0.39, 0.29) is 11.6 Å². The highest BCUT2D eigenvalue weighted by Crippen LogP contribution is 2.24. The molecule has 128 valence electrons. The van der Waals surface area contributed by atoms with Crippen LogP contribution in [0.1, 0.15) is 5.89 Å². The minimum Gasteiger partial charge on any atom is -0.353 e. The van der Waals surface area contributed by atoms with Gasteiger partial charge in [-0.1, -0.05) is 40.5 Å². The fourth-order valence-electron chi connectivity index (χ4n) is 1.98. The van der Waals surface area contributed by atoms with Crippen molar-refractivity contribution < 1.29 is 8.91 Å². The molecule has 0 bridgehead atoms. The quantitative estimate of drug-likeness (QED) is 0.624. The normalized spacial score (nSPS) is 10.5. The summed E-state index contributed by atoms with van der Waals surface area (Å²) in [5, 5.41) is 10.5. The lowest BCUT2D eigenvalue weighted by Crippen LogP contribution is -2.28. The summed E-state index contributed by atoms with van der Waals surface area (Å²) < 4.78 is 18.3. The molecule has 0 saturated carbocycles. The van der Waals surface area contributed by atoms with Gasteiger partial charge in [0.25, 0.3) is 0 Å². The van der Waals surface area contributed by atoms with Crippen molar-refractivity contribution in [1.82, 2.24) is 15.5 Å². The van der Waals surface area contributed by atoms with Gasteiger partial charge in [0.15, 0.2) is 5.11 Å². The first-order valence-electron chi connectivity index (χ1n) is 7.10. The molecule has 0 amide bonds. The molecule has 0 aliphatic heterocycles. The molecule has 5 nitrogen and oxygen atoms in total. The first-order valence-corrected chi connectivity index (χ1v) is 8.27. The van der Waals surface area contributed by atoms with E-state index < -0.39 is 5.82 Å². The molecule has 3 aromatic rings. The van der Waals surface area contributed by atoms with E-state index in [0.29, 0.717) is 33.1 Å². The molecule has 9 heteroatoms. The van der Waals surface area contributed by atoms with E-state index in [1.165, 1.54) is 18.2 Å². The standard InChI is InChI=1S/C16H11Cl2FN4OS/c17-11-4-2-1-3-10(11)15-22-14(24-23-15)8-20-16(25)21-9-5-6-13(19)12(18)7-9/h1-7H,8H2,(H2,20,21,25). The number of aromatic nitrogens is 2. The summed E-state index contributed by atoms with van der Waals surface area (Å²) in [6.07, 6.45) is 0. The molecule has 0 atom stereocenters. The van der Waals surface area contributed by atoms with Crippen molar-refractivity contribution >= 4 is 46.2 Å². The number of hydrogen-bond acceptors (Lipinski definition) is 4. The molecular formula is C16H11Cl2FN4OS. The summed E-state index contributed by atoms with van der Waals surface area (Å²) in [7, 11) is 0. The lowest BCUT2D eigenvalue weighted by molar-refractivity contribution is 0.376. The number of anilines is 1. The Hall–Kier alpha value is -2.22. The molecule has 0 radical (unpaired) electrons. The molecular weight excluding hydrogens is 386 g/mol. The van der Waals surface area contributed by atoms with Crippen molar-refractivity contribution in [2.24, 2.45) is 0 Å². The third-order valence-corrected chi connectivity index (χ3v) is 4.03. The number of benzene rings is 2. The second-order valence-corrected chi connectivity index (χ2v) is 6.15. The Bertz CT molecular complexity index is 919. The fourth-order valence-corrected chi connectivity index (χ4v) is 2.57. The molecule has 0 saturated heterocycles. The zero-order valence-corrected chi connectivity index (χ0v) is 14.9. The average Bonchev–Trinajstić information content (AvgIpc) is 3.05. The lowest BCUT2D eigenvalue weighted by atomic mass is 10.2. The maximum Gasteiger partial charge on any atom is 0.246 e. The molecule has 25 heavy (non-hydrogen) atoms. The van der Waals surface area contributed by atoms with Crippen LogP contribution < -0.4 is 10.6 Å². The van der Waals surface area contributed by atoms with E-state index in [9.17, 15) is 4.39 Å². The predicted molar refractivity (Wildman–Crippen MR) is 99.2 cm³/mol. The van der Waals surface area contributed by atoms with Gasteiger partial charge in [0.2, 0.25) is 11.7 Å². The lowest BCUT2D eigenvalue weighted by Gasteiger charge is -2.09. The summed E-state index contributed by atoms with van der Waals surface area (Å²) >= 11 is 17.0. The van der Waals surface area contributed by atoms with Gasteiger partial charge in [-0.05, 0) is 42.5 Å². The molecule has 0 fully saturated rings. The summed E-state index contributed by atoms with van der Waals surface area (Å²) in [6, 6.07) is 11.4. The van der Waals surface area contributed by atoms with Gasteiger partial charge in [0.1, 0.15) is 5.82 Å². The number of thiocarbonyl (C=S) groups is 1. The highest BCUT2D eigenvalue weighted by atomic mass is 35.5. The highest BCUT2D eigenvalue weighted by Gasteiger charge is 2.11. The Morgan fingerprint density at radius 2 is 1.96 bits per heavy atom. The van der Waals surface area contributed by atoms with Crippen LogP contribution in [-0.2, 0) is 6.54 Å². The van der Waals surface area contributed by atoms with Crippen LogP contribution in [0.25, 0.3) is 11.4 Å². The number of hydrogen-bond donors (Lipinski definition) is 2. The second-order valence-electron chi connectivity index (χ2n) is 4.93. The van der Waals surface area contributed by atoms with Crippen LogP contribution in [0.15, 0.2) is 47.0 Å². The summed E-state index contributed by atoms with van der Waals surface area (Å²) in [5.74, 6) is 0.242. The van der Waals surface area contributed by atoms with Gasteiger partial charge in [0.05, 0.1) is 16.6 Å². The topological polar surface area (TPSA) is 63.0 Å². The number of nitrogens with one attached hydrogen (secondary N) is 2. The third-order valence-electron chi connectivity index (χ3n) is 3.16. The van der Waals surface area contributed by atoms with Crippen LogP contribution in [0, 0.1) is 5.82 Å². The summed E-state index contributed by atoms with van der Waals surface area (Å²) in [5.41, 5.74) is 1.24. The molecule has 3 rings (SSSR count). The number of halogens is 3. The molecule has 0 spiro atoms. The minimum atomic E-state index is -0.496. The smallest absolute Gasteiger partial charge is 0.246 e.